The topological polar surface area (TPSA) is 101 Å². The van der Waals surface area contributed by atoms with Crippen LogP contribution in [0.2, 0.25) is 0 Å². The van der Waals surface area contributed by atoms with E-state index in [-0.39, 0.29) is 11.4 Å². The number of H-pyrrole nitrogens is 1. The summed E-state index contributed by atoms with van der Waals surface area (Å²) in [6.45, 7) is 1.68. The summed E-state index contributed by atoms with van der Waals surface area (Å²) in [5.41, 5.74) is 0.158. The first kappa shape index (κ1) is 12.7. The van der Waals surface area contributed by atoms with Crippen LogP contribution >= 0.6 is 0 Å². The van der Waals surface area contributed by atoms with Crippen LogP contribution in [-0.2, 0) is 0 Å². The van der Waals surface area contributed by atoms with Gasteiger partial charge < -0.3 is 5.32 Å². The molecule has 2 rings (SSSR count). The highest BCUT2D eigenvalue weighted by molar-refractivity contribution is 6.05. The maximum absolute atomic E-state index is 13.1. The molecule has 2 N–H and O–H groups in total. The molecule has 1 heterocycles. The minimum Gasteiger partial charge on any atom is -0.320 e. The highest BCUT2D eigenvalue weighted by Crippen LogP contribution is 2.19. The first-order chi connectivity index (χ1) is 8.99. The number of carbonyl (C=O) groups excluding carboxylic acids is 1. The summed E-state index contributed by atoms with van der Waals surface area (Å²) in [4.78, 5) is 21.8. The molecule has 2 aromatic rings. The van der Waals surface area contributed by atoms with Gasteiger partial charge in [0.25, 0.3) is 5.91 Å². The average molecular weight is 264 g/mol. The van der Waals surface area contributed by atoms with Crippen molar-refractivity contribution in [3.05, 3.63) is 51.6 Å². The van der Waals surface area contributed by atoms with E-state index in [4.69, 9.17) is 0 Å². The zero-order valence-corrected chi connectivity index (χ0v) is 9.81. The highest BCUT2D eigenvalue weighted by Gasteiger charge is 2.23. The van der Waals surface area contributed by atoms with Crippen LogP contribution in [0.15, 0.2) is 24.4 Å². The lowest BCUT2D eigenvalue weighted by Crippen LogP contribution is -2.15. The number of hydrogen-bond donors (Lipinski definition) is 2. The Morgan fingerprint density at radius 1 is 1.53 bits per heavy atom. The summed E-state index contributed by atoms with van der Waals surface area (Å²) in [6.07, 6.45) is 0.938. The monoisotopic (exact) mass is 264 g/mol. The van der Waals surface area contributed by atoms with Gasteiger partial charge in [-0.25, -0.2) is 4.39 Å². The Balaban J connectivity index is 2.28. The van der Waals surface area contributed by atoms with Crippen LogP contribution in [0.25, 0.3) is 0 Å². The third-order valence-corrected chi connectivity index (χ3v) is 2.49. The van der Waals surface area contributed by atoms with E-state index < -0.39 is 22.3 Å². The normalized spacial score (nSPS) is 10.2. The van der Waals surface area contributed by atoms with Crippen LogP contribution < -0.4 is 5.32 Å². The predicted octanol–water partition coefficient (Wildman–Crippen LogP) is 2.02. The van der Waals surface area contributed by atoms with Crippen LogP contribution in [-0.4, -0.2) is 21.0 Å². The third kappa shape index (κ3) is 2.57. The number of benzene rings is 1. The molecule has 0 spiro atoms. The number of nitrogens with one attached hydrogen (secondary N) is 2. The molecule has 0 radical (unpaired) electrons. The van der Waals surface area contributed by atoms with Crippen molar-refractivity contribution >= 4 is 17.3 Å². The maximum Gasteiger partial charge on any atom is 0.319 e. The van der Waals surface area contributed by atoms with Gasteiger partial charge in [0.1, 0.15) is 12.0 Å². The van der Waals surface area contributed by atoms with E-state index in [2.05, 4.69) is 15.5 Å². The molecule has 0 unspecified atom stereocenters. The molecule has 0 aliphatic rings. The SMILES string of the molecule is Cc1ccc(F)cc1NC(=O)c1[nH]ncc1[N+](=O)[O-]. The lowest BCUT2D eigenvalue weighted by molar-refractivity contribution is -0.385. The molecule has 0 aliphatic carbocycles. The standard InChI is InChI=1S/C11H9FN4O3/c1-6-2-3-7(12)4-8(6)14-11(17)10-9(16(18)19)5-13-15-10/h2-5H,1H3,(H,13,15)(H,14,17). The molecule has 1 aromatic carbocycles. The molecule has 0 fully saturated rings. The Morgan fingerprint density at radius 2 is 2.26 bits per heavy atom. The van der Waals surface area contributed by atoms with Crippen molar-refractivity contribution in [3.8, 4) is 0 Å². The second-order valence-electron chi connectivity index (χ2n) is 3.80. The second-order valence-corrected chi connectivity index (χ2v) is 3.80. The van der Waals surface area contributed by atoms with Crippen molar-refractivity contribution in [2.75, 3.05) is 5.32 Å². The Kier molecular flexibility index (Phi) is 3.23. The molecular weight excluding hydrogens is 255 g/mol. The van der Waals surface area contributed by atoms with Gasteiger partial charge in [-0.3, -0.25) is 20.0 Å². The lowest BCUT2D eigenvalue weighted by Gasteiger charge is -2.06. The molecule has 1 aromatic heterocycles. The summed E-state index contributed by atoms with van der Waals surface area (Å²) in [5, 5.41) is 18.7. The van der Waals surface area contributed by atoms with E-state index in [1.54, 1.807) is 6.92 Å². The predicted molar refractivity (Wildman–Crippen MR) is 64.3 cm³/mol. The molecule has 0 saturated heterocycles. The molecule has 1 amide bonds. The molecule has 19 heavy (non-hydrogen) atoms. The van der Waals surface area contributed by atoms with Gasteiger partial charge in [-0.05, 0) is 24.6 Å². The van der Waals surface area contributed by atoms with Gasteiger partial charge in [-0.2, -0.15) is 5.10 Å². The summed E-state index contributed by atoms with van der Waals surface area (Å²) in [6, 6.07) is 3.88. The number of halogens is 1. The van der Waals surface area contributed by atoms with Crippen LogP contribution in [0, 0.1) is 22.9 Å². The molecule has 98 valence electrons. The number of rotatable bonds is 3. The zero-order chi connectivity index (χ0) is 14.0. The Labute approximate surface area is 106 Å². The highest BCUT2D eigenvalue weighted by atomic mass is 19.1. The first-order valence-electron chi connectivity index (χ1n) is 5.24. The minimum absolute atomic E-state index is 0.244. The van der Waals surface area contributed by atoms with Crippen molar-refractivity contribution < 1.29 is 14.1 Å². The smallest absolute Gasteiger partial charge is 0.319 e. The lowest BCUT2D eigenvalue weighted by atomic mass is 10.2. The van der Waals surface area contributed by atoms with Crippen LogP contribution in [0.4, 0.5) is 15.8 Å². The molecule has 8 heteroatoms. The van der Waals surface area contributed by atoms with Gasteiger partial charge >= 0.3 is 5.69 Å². The average Bonchev–Trinajstić information content (AvgIpc) is 2.83. The zero-order valence-electron chi connectivity index (χ0n) is 9.81. The van der Waals surface area contributed by atoms with E-state index in [1.165, 1.54) is 12.1 Å². The third-order valence-electron chi connectivity index (χ3n) is 2.49. The van der Waals surface area contributed by atoms with Gasteiger partial charge in [0.15, 0.2) is 0 Å². The van der Waals surface area contributed by atoms with Gasteiger partial charge in [0.2, 0.25) is 5.69 Å². The number of aromatic nitrogens is 2. The largest absolute Gasteiger partial charge is 0.320 e. The fraction of sp³-hybridized carbons (Fsp3) is 0.0909. The summed E-state index contributed by atoms with van der Waals surface area (Å²) in [7, 11) is 0. The molecular formula is C11H9FN4O3. The van der Waals surface area contributed by atoms with Gasteiger partial charge in [0, 0.05) is 5.69 Å². The van der Waals surface area contributed by atoms with Crippen LogP contribution in [0.1, 0.15) is 16.1 Å². The number of aromatic amines is 1. The van der Waals surface area contributed by atoms with Gasteiger partial charge in [-0.1, -0.05) is 6.07 Å². The minimum atomic E-state index is -0.752. The number of anilines is 1. The molecule has 0 atom stereocenters. The number of carbonyl (C=O) groups is 1. The number of aryl methyl sites for hydroxylation is 1. The van der Waals surface area contributed by atoms with E-state index in [0.29, 0.717) is 5.56 Å². The summed E-state index contributed by atoms with van der Waals surface area (Å²) >= 11 is 0. The second kappa shape index (κ2) is 4.84. The van der Waals surface area contributed by atoms with Crippen LogP contribution in [0.5, 0.6) is 0 Å². The van der Waals surface area contributed by atoms with E-state index in [0.717, 1.165) is 12.3 Å². The van der Waals surface area contributed by atoms with E-state index in [9.17, 15) is 19.3 Å². The van der Waals surface area contributed by atoms with E-state index in [1.807, 2.05) is 0 Å². The van der Waals surface area contributed by atoms with Crippen molar-refractivity contribution in [2.24, 2.45) is 0 Å². The Morgan fingerprint density at radius 3 is 2.95 bits per heavy atom. The molecule has 7 nitrogen and oxygen atoms in total. The first-order valence-corrected chi connectivity index (χ1v) is 5.24. The Hall–Kier alpha value is -2.77. The van der Waals surface area contributed by atoms with Crippen molar-refractivity contribution in [1.29, 1.82) is 0 Å². The molecule has 0 saturated carbocycles. The van der Waals surface area contributed by atoms with Gasteiger partial charge in [0.05, 0.1) is 4.92 Å². The molecule has 0 bridgehead atoms. The molecule has 0 aliphatic heterocycles. The number of nitro groups is 1. The number of hydrogen-bond acceptors (Lipinski definition) is 4. The Bertz CT molecular complexity index is 653. The van der Waals surface area contributed by atoms with E-state index >= 15 is 0 Å². The van der Waals surface area contributed by atoms with Crippen LogP contribution in [0.3, 0.4) is 0 Å². The quantitative estimate of drug-likeness (QED) is 0.654. The number of nitrogens with zero attached hydrogens (tertiary/aromatic N) is 2. The summed E-state index contributed by atoms with van der Waals surface area (Å²) in [5.74, 6) is -1.27. The van der Waals surface area contributed by atoms with Crippen molar-refractivity contribution in [2.45, 2.75) is 6.92 Å². The van der Waals surface area contributed by atoms with Crippen molar-refractivity contribution in [1.82, 2.24) is 10.2 Å². The van der Waals surface area contributed by atoms with Gasteiger partial charge in [-0.15, -0.1) is 0 Å². The number of amides is 1. The maximum atomic E-state index is 13.1. The summed E-state index contributed by atoms with van der Waals surface area (Å²) < 4.78 is 13.1. The van der Waals surface area contributed by atoms with Crippen molar-refractivity contribution in [3.63, 3.8) is 0 Å². The fourth-order valence-electron chi connectivity index (χ4n) is 1.50. The fourth-order valence-corrected chi connectivity index (χ4v) is 1.50.